The molecule has 5 saturated carbocycles. The number of rotatable bonds is 8. The summed E-state index contributed by atoms with van der Waals surface area (Å²) in [5.41, 5.74) is -0.0564. The summed E-state index contributed by atoms with van der Waals surface area (Å²) in [5, 5.41) is 32.8. The molecule has 6 fully saturated rings. The summed E-state index contributed by atoms with van der Waals surface area (Å²) >= 11 is 0. The van der Waals surface area contributed by atoms with E-state index in [-0.39, 0.29) is 69.6 Å². The Morgan fingerprint density at radius 1 is 0.936 bits per heavy atom. The van der Waals surface area contributed by atoms with Gasteiger partial charge in [-0.1, -0.05) is 41.2 Å². The lowest BCUT2D eigenvalue weighted by atomic mass is 9.37. The maximum absolute atomic E-state index is 12.2. The summed E-state index contributed by atoms with van der Waals surface area (Å²) in [6, 6.07) is 0. The Bertz CT molecular complexity index is 1300. The van der Waals surface area contributed by atoms with Crippen molar-refractivity contribution in [3.05, 3.63) is 12.2 Å². The molecule has 1 saturated heterocycles. The zero-order valence-corrected chi connectivity index (χ0v) is 29.2. The molecule has 10 nitrogen and oxygen atoms in total. The highest BCUT2D eigenvalue weighted by atomic mass is 16.7. The van der Waals surface area contributed by atoms with Gasteiger partial charge in [0.25, 0.3) is 0 Å². The van der Waals surface area contributed by atoms with E-state index in [0.717, 1.165) is 51.2 Å². The first-order chi connectivity index (χ1) is 21.9. The fraction of sp³-hybridized carbons (Fsp3) is 0.865. The van der Waals surface area contributed by atoms with Crippen molar-refractivity contribution in [1.82, 2.24) is 0 Å². The average molecular weight is 661 g/mol. The quantitative estimate of drug-likeness (QED) is 0.150. The molecule has 0 aromatic heterocycles. The zero-order chi connectivity index (χ0) is 34.5. The Labute approximate surface area is 278 Å². The fourth-order valence-corrected chi connectivity index (χ4v) is 12.8. The number of hydrogen-bond acceptors (Lipinski definition) is 10. The molecule has 0 spiro atoms. The predicted molar refractivity (Wildman–Crippen MR) is 170 cm³/mol. The molecule has 6 rings (SSSR count). The Morgan fingerprint density at radius 2 is 1.64 bits per heavy atom. The van der Waals surface area contributed by atoms with Crippen LogP contribution < -0.4 is 0 Å². The van der Waals surface area contributed by atoms with E-state index in [1.54, 1.807) is 0 Å². The number of ether oxygens (including phenoxy) is 4. The number of allylic oxidation sites excluding steroid dienone is 1. The van der Waals surface area contributed by atoms with E-state index in [1.165, 1.54) is 13.8 Å². The predicted octanol–water partition coefficient (Wildman–Crippen LogP) is 4.11. The second kappa shape index (κ2) is 11.6. The van der Waals surface area contributed by atoms with Crippen LogP contribution in [0.2, 0.25) is 0 Å². The number of hydrogen-bond donors (Lipinski definition) is 3. The molecule has 1 aliphatic heterocycles. The van der Waals surface area contributed by atoms with Gasteiger partial charge in [-0.05, 0) is 96.9 Å². The third-order valence-corrected chi connectivity index (χ3v) is 15.1. The molecule has 0 radical (unpaired) electrons. The highest BCUT2D eigenvalue weighted by Gasteiger charge is 2.85. The van der Waals surface area contributed by atoms with Crippen molar-refractivity contribution in [3.8, 4) is 0 Å². The minimum atomic E-state index is -1.55. The summed E-state index contributed by atoms with van der Waals surface area (Å²) in [4.78, 5) is 35.6. The van der Waals surface area contributed by atoms with Gasteiger partial charge in [0.2, 0.25) is 0 Å². The molecular formula is C37H56O10. The lowest BCUT2D eigenvalue weighted by Crippen LogP contribution is -2.68. The van der Waals surface area contributed by atoms with Gasteiger partial charge in [-0.15, -0.1) is 0 Å². The summed E-state index contributed by atoms with van der Waals surface area (Å²) in [7, 11) is 0. The summed E-state index contributed by atoms with van der Waals surface area (Å²) in [6.07, 6.45) is 0.957. The molecule has 5 aliphatic carbocycles. The van der Waals surface area contributed by atoms with E-state index < -0.39 is 36.7 Å². The Kier molecular flexibility index (Phi) is 8.64. The molecule has 264 valence electrons. The minimum Gasteiger partial charge on any atom is -0.463 e. The van der Waals surface area contributed by atoms with E-state index in [9.17, 15) is 29.7 Å². The molecule has 47 heavy (non-hydrogen) atoms. The van der Waals surface area contributed by atoms with Gasteiger partial charge in [0.15, 0.2) is 6.29 Å². The second-order valence-corrected chi connectivity index (χ2v) is 17.1. The van der Waals surface area contributed by atoms with Crippen molar-refractivity contribution in [3.63, 3.8) is 0 Å². The molecule has 0 aromatic carbocycles. The van der Waals surface area contributed by atoms with Gasteiger partial charge < -0.3 is 34.3 Å². The minimum absolute atomic E-state index is 0.0323. The van der Waals surface area contributed by atoms with Crippen LogP contribution in [0.15, 0.2) is 12.2 Å². The third-order valence-electron chi connectivity index (χ3n) is 15.1. The van der Waals surface area contributed by atoms with E-state index in [0.29, 0.717) is 17.9 Å². The molecular weight excluding hydrogens is 604 g/mol. The Morgan fingerprint density at radius 3 is 2.28 bits per heavy atom. The van der Waals surface area contributed by atoms with Gasteiger partial charge in [0.05, 0.1) is 6.10 Å². The number of fused-ring (bicyclic) bond motifs is 3. The second-order valence-electron chi connectivity index (χ2n) is 17.1. The normalized spacial score (nSPS) is 50.1. The smallest absolute Gasteiger partial charge is 0.302 e. The summed E-state index contributed by atoms with van der Waals surface area (Å²) in [6.45, 7) is 17.9. The molecule has 6 aliphatic rings. The number of carbonyl (C=O) groups is 3. The van der Waals surface area contributed by atoms with Crippen molar-refractivity contribution in [2.24, 2.45) is 50.7 Å². The van der Waals surface area contributed by atoms with Crippen LogP contribution in [0.3, 0.4) is 0 Å². The van der Waals surface area contributed by atoms with Crippen LogP contribution in [0.1, 0.15) is 99.8 Å². The van der Waals surface area contributed by atoms with Crippen molar-refractivity contribution < 1.29 is 48.7 Å². The van der Waals surface area contributed by atoms with Gasteiger partial charge in [-0.3, -0.25) is 14.4 Å². The van der Waals surface area contributed by atoms with Crippen LogP contribution in [0, 0.1) is 50.7 Å². The van der Waals surface area contributed by atoms with Crippen LogP contribution in [0.4, 0.5) is 0 Å². The lowest BCUT2D eigenvalue weighted by molar-refractivity contribution is -0.344. The van der Waals surface area contributed by atoms with Crippen LogP contribution in [-0.4, -0.2) is 83.1 Å². The van der Waals surface area contributed by atoms with Crippen LogP contribution in [-0.2, 0) is 33.3 Å². The molecule has 1 heterocycles. The molecule has 0 amide bonds. The first kappa shape index (κ1) is 35.0. The topological polar surface area (TPSA) is 149 Å². The van der Waals surface area contributed by atoms with Crippen LogP contribution in [0.5, 0.6) is 0 Å². The summed E-state index contributed by atoms with van der Waals surface area (Å²) < 4.78 is 24.2. The van der Waals surface area contributed by atoms with Crippen LogP contribution in [0.25, 0.3) is 0 Å². The molecule has 0 aromatic rings. The number of esters is 2. The Hall–Kier alpha value is -1.85. The first-order valence-corrected chi connectivity index (χ1v) is 17.7. The third kappa shape index (κ3) is 4.85. The first-order valence-electron chi connectivity index (χ1n) is 17.7. The summed E-state index contributed by atoms with van der Waals surface area (Å²) in [5.74, 6) is -0.00407. The highest BCUT2D eigenvalue weighted by Crippen LogP contribution is 2.91. The monoisotopic (exact) mass is 660 g/mol. The number of aldehydes is 1. The van der Waals surface area contributed by atoms with E-state index in [1.807, 2.05) is 0 Å². The van der Waals surface area contributed by atoms with E-state index in [4.69, 9.17) is 18.9 Å². The maximum Gasteiger partial charge on any atom is 0.302 e. The zero-order valence-electron chi connectivity index (χ0n) is 29.2. The molecule has 15 atom stereocenters. The standard InChI is InChI=1S/C37H56O10/c1-19(16-38)20(2)23-9-14-37-18-36(23,37)13-10-25-34(7)12-11-27(45-22(4)40)33(5,6)26(34)15-28(35(25,37)8)47-32-31(43)30(42)29(41)24(46-32)17-44-21(3)39/h16,20,23-32,41-43H,1,9-15,17-18H2,2-8H3/t20-,23-,24+,25+,26-,27+,28+,29+,30-,31+,32-,34+,35-,36+,37+/m0/s1. The van der Waals surface area contributed by atoms with E-state index in [2.05, 4.69) is 41.2 Å². The number of aliphatic hydroxyl groups excluding tert-OH is 3. The Balaban J connectivity index is 1.40. The van der Waals surface area contributed by atoms with Crippen molar-refractivity contribution in [1.29, 1.82) is 0 Å². The van der Waals surface area contributed by atoms with Crippen molar-refractivity contribution in [2.45, 2.75) is 143 Å². The maximum atomic E-state index is 12.2. The fourth-order valence-electron chi connectivity index (χ4n) is 12.8. The molecule has 0 bridgehead atoms. The number of carbonyl (C=O) groups excluding carboxylic acids is 3. The van der Waals surface area contributed by atoms with Gasteiger partial charge in [0.1, 0.15) is 43.4 Å². The van der Waals surface area contributed by atoms with Crippen molar-refractivity contribution in [2.75, 3.05) is 6.61 Å². The highest BCUT2D eigenvalue weighted by molar-refractivity contribution is 5.73. The van der Waals surface area contributed by atoms with E-state index >= 15 is 0 Å². The molecule has 10 heteroatoms. The van der Waals surface area contributed by atoms with Gasteiger partial charge in [0, 0.05) is 24.7 Å². The van der Waals surface area contributed by atoms with Gasteiger partial charge in [-0.2, -0.15) is 0 Å². The lowest BCUT2D eigenvalue weighted by Gasteiger charge is -2.69. The number of aliphatic hydroxyl groups is 3. The molecule has 0 unspecified atom stereocenters. The largest absolute Gasteiger partial charge is 0.463 e. The average Bonchev–Trinajstić information content (AvgIpc) is 3.58. The van der Waals surface area contributed by atoms with Crippen molar-refractivity contribution >= 4 is 18.2 Å². The van der Waals surface area contributed by atoms with Crippen LogP contribution >= 0.6 is 0 Å². The van der Waals surface area contributed by atoms with Gasteiger partial charge >= 0.3 is 11.9 Å². The molecule has 3 N–H and O–H groups in total. The van der Waals surface area contributed by atoms with Gasteiger partial charge in [-0.25, -0.2) is 0 Å². The SMILES string of the molecule is C=C(C=O)[C@H](C)[C@@H]1CC[C@]23C[C@]12CC[C@@H]1[C@@]2(C)CC[C@@H](OC(C)=O)C(C)(C)[C@@H]2C[C@@H](O[C@@H]2O[C@H](COC(C)=O)[C@@H](O)[C@H](O)[C@H]2O)[C@]13C.